The van der Waals surface area contributed by atoms with Crippen molar-refractivity contribution in [3.8, 4) is 0 Å². The van der Waals surface area contributed by atoms with Crippen LogP contribution in [0.2, 0.25) is 0 Å². The number of aromatic nitrogens is 4. The number of hydrogen-bond donors (Lipinski definition) is 1. The third-order valence-corrected chi connectivity index (χ3v) is 2.38. The van der Waals surface area contributed by atoms with Gasteiger partial charge in [0, 0.05) is 18.0 Å². The van der Waals surface area contributed by atoms with Gasteiger partial charge in [-0.25, -0.2) is 14.6 Å². The van der Waals surface area contributed by atoms with Crippen LogP contribution >= 0.6 is 11.3 Å². The largest absolute Gasteiger partial charge is 0.371 e. The minimum Gasteiger partial charge on any atom is -0.371 e. The van der Waals surface area contributed by atoms with Crippen molar-refractivity contribution in [2.24, 2.45) is 0 Å². The van der Waals surface area contributed by atoms with E-state index in [2.05, 4.69) is 15.1 Å². The van der Waals surface area contributed by atoms with Crippen molar-refractivity contribution in [1.82, 2.24) is 19.7 Å². The van der Waals surface area contributed by atoms with Crippen LogP contribution in [-0.2, 0) is 6.42 Å². The molecule has 5 nitrogen and oxygen atoms in total. The zero-order chi connectivity index (χ0) is 9.10. The molecule has 0 aromatic carbocycles. The number of nitrogens with zero attached hydrogens (tertiary/aromatic N) is 4. The minimum absolute atomic E-state index is 0.473. The lowest BCUT2D eigenvalue weighted by molar-refractivity contribution is 0.0906. The van der Waals surface area contributed by atoms with E-state index in [1.165, 1.54) is 28.7 Å². The van der Waals surface area contributed by atoms with Gasteiger partial charge in [-0.3, -0.25) is 0 Å². The average Bonchev–Trinajstić information content (AvgIpc) is 2.74. The molecule has 0 radical (unpaired) electrons. The SMILES string of the molecule is OC(Cc1nccs1)n1cncn1. The molecule has 1 N–H and O–H groups in total. The van der Waals surface area contributed by atoms with Gasteiger partial charge in [0.05, 0.1) is 5.01 Å². The van der Waals surface area contributed by atoms with E-state index in [4.69, 9.17) is 0 Å². The maximum Gasteiger partial charge on any atom is 0.155 e. The maximum atomic E-state index is 9.61. The Morgan fingerprint density at radius 2 is 2.54 bits per heavy atom. The summed E-state index contributed by atoms with van der Waals surface area (Å²) in [5, 5.41) is 16.2. The summed E-state index contributed by atoms with van der Waals surface area (Å²) in [5.41, 5.74) is 0. The van der Waals surface area contributed by atoms with E-state index in [0.29, 0.717) is 6.42 Å². The molecule has 68 valence electrons. The second kappa shape index (κ2) is 3.63. The van der Waals surface area contributed by atoms with Gasteiger partial charge >= 0.3 is 0 Å². The molecule has 0 spiro atoms. The molecular weight excluding hydrogens is 188 g/mol. The first-order chi connectivity index (χ1) is 6.36. The molecule has 2 rings (SSSR count). The van der Waals surface area contributed by atoms with Gasteiger partial charge in [-0.2, -0.15) is 5.10 Å². The molecule has 2 aromatic heterocycles. The summed E-state index contributed by atoms with van der Waals surface area (Å²) in [5.74, 6) is 0. The number of thiazole rings is 1. The van der Waals surface area contributed by atoms with Crippen molar-refractivity contribution in [2.75, 3.05) is 0 Å². The highest BCUT2D eigenvalue weighted by Crippen LogP contribution is 2.11. The molecule has 1 atom stereocenters. The Bertz CT molecular complexity index is 344. The molecule has 0 saturated heterocycles. The molecule has 0 bridgehead atoms. The summed E-state index contributed by atoms with van der Waals surface area (Å²) in [6, 6.07) is 0. The van der Waals surface area contributed by atoms with Crippen LogP contribution in [0.3, 0.4) is 0 Å². The van der Waals surface area contributed by atoms with E-state index >= 15 is 0 Å². The molecule has 0 saturated carbocycles. The highest BCUT2D eigenvalue weighted by Gasteiger charge is 2.09. The molecule has 0 aliphatic rings. The van der Waals surface area contributed by atoms with Crippen molar-refractivity contribution < 1.29 is 5.11 Å². The molecular formula is C7H8N4OS. The second-order valence-corrected chi connectivity index (χ2v) is 3.47. The average molecular weight is 196 g/mol. The predicted molar refractivity (Wildman–Crippen MR) is 47.1 cm³/mol. The van der Waals surface area contributed by atoms with E-state index in [1.807, 2.05) is 5.38 Å². The predicted octanol–water partition coefficient (Wildman–Crippen LogP) is 0.468. The summed E-state index contributed by atoms with van der Waals surface area (Å²) >= 11 is 1.52. The van der Waals surface area contributed by atoms with Crippen molar-refractivity contribution >= 4 is 11.3 Å². The summed E-state index contributed by atoms with van der Waals surface area (Å²) in [6.07, 6.45) is 4.40. The van der Waals surface area contributed by atoms with E-state index in [0.717, 1.165) is 5.01 Å². The molecule has 0 fully saturated rings. The molecule has 2 aromatic rings. The number of aliphatic hydroxyl groups is 1. The van der Waals surface area contributed by atoms with Crippen LogP contribution in [0.5, 0.6) is 0 Å². The lowest BCUT2D eigenvalue weighted by Crippen LogP contribution is -2.11. The normalized spacial score (nSPS) is 13.0. The fraction of sp³-hybridized carbons (Fsp3) is 0.286. The Hall–Kier alpha value is -1.27. The van der Waals surface area contributed by atoms with Gasteiger partial charge in [-0.15, -0.1) is 11.3 Å². The standard InChI is InChI=1S/C7H8N4OS/c12-7(11-5-8-4-10-11)3-6-9-1-2-13-6/h1-2,4-5,7,12H,3H2. The van der Waals surface area contributed by atoms with Crippen LogP contribution in [0.1, 0.15) is 11.2 Å². The van der Waals surface area contributed by atoms with Crippen LogP contribution in [0.15, 0.2) is 24.2 Å². The fourth-order valence-electron chi connectivity index (χ4n) is 0.975. The zero-order valence-corrected chi connectivity index (χ0v) is 7.55. The fourth-order valence-corrected chi connectivity index (χ4v) is 1.62. The summed E-state index contributed by atoms with van der Waals surface area (Å²) in [6.45, 7) is 0. The Morgan fingerprint density at radius 3 is 3.15 bits per heavy atom. The summed E-state index contributed by atoms with van der Waals surface area (Å²) in [4.78, 5) is 7.81. The molecule has 0 aliphatic carbocycles. The lowest BCUT2D eigenvalue weighted by Gasteiger charge is -2.07. The van der Waals surface area contributed by atoms with Crippen LogP contribution in [-0.4, -0.2) is 24.9 Å². The van der Waals surface area contributed by atoms with E-state index in [9.17, 15) is 5.11 Å². The van der Waals surface area contributed by atoms with Crippen LogP contribution in [0.4, 0.5) is 0 Å². The topological polar surface area (TPSA) is 63.8 Å². The van der Waals surface area contributed by atoms with Crippen molar-refractivity contribution in [3.05, 3.63) is 29.2 Å². The molecule has 2 heterocycles. The monoisotopic (exact) mass is 196 g/mol. The van der Waals surface area contributed by atoms with Gasteiger partial charge in [0.1, 0.15) is 12.7 Å². The number of rotatable bonds is 3. The van der Waals surface area contributed by atoms with Gasteiger partial charge in [0.2, 0.25) is 0 Å². The van der Waals surface area contributed by atoms with Gasteiger partial charge in [-0.1, -0.05) is 0 Å². The first kappa shape index (κ1) is 8.33. The molecule has 13 heavy (non-hydrogen) atoms. The van der Waals surface area contributed by atoms with Gasteiger partial charge in [-0.05, 0) is 0 Å². The third-order valence-electron chi connectivity index (χ3n) is 1.58. The molecule has 0 aliphatic heterocycles. The Kier molecular flexibility index (Phi) is 2.33. The van der Waals surface area contributed by atoms with Crippen molar-refractivity contribution in [1.29, 1.82) is 0 Å². The first-order valence-electron chi connectivity index (χ1n) is 3.77. The Morgan fingerprint density at radius 1 is 1.62 bits per heavy atom. The number of aliphatic hydroxyl groups excluding tert-OH is 1. The first-order valence-corrected chi connectivity index (χ1v) is 4.65. The molecule has 0 amide bonds. The Labute approximate surface area is 78.7 Å². The van der Waals surface area contributed by atoms with E-state index in [-0.39, 0.29) is 0 Å². The maximum absolute atomic E-state index is 9.61. The van der Waals surface area contributed by atoms with Gasteiger partial charge in [0.15, 0.2) is 6.23 Å². The lowest BCUT2D eigenvalue weighted by atomic mass is 10.4. The van der Waals surface area contributed by atoms with Gasteiger partial charge in [0.25, 0.3) is 0 Å². The van der Waals surface area contributed by atoms with E-state index < -0.39 is 6.23 Å². The molecule has 1 unspecified atom stereocenters. The Balaban J connectivity index is 2.04. The zero-order valence-electron chi connectivity index (χ0n) is 6.74. The number of hydrogen-bond acceptors (Lipinski definition) is 5. The van der Waals surface area contributed by atoms with E-state index in [1.54, 1.807) is 6.20 Å². The van der Waals surface area contributed by atoms with Gasteiger partial charge < -0.3 is 5.11 Å². The van der Waals surface area contributed by atoms with Crippen LogP contribution < -0.4 is 0 Å². The highest BCUT2D eigenvalue weighted by atomic mass is 32.1. The third kappa shape index (κ3) is 1.90. The second-order valence-electron chi connectivity index (χ2n) is 2.49. The van der Waals surface area contributed by atoms with Crippen molar-refractivity contribution in [3.63, 3.8) is 0 Å². The summed E-state index contributed by atoms with van der Waals surface area (Å²) in [7, 11) is 0. The quantitative estimate of drug-likeness (QED) is 0.775. The van der Waals surface area contributed by atoms with Crippen LogP contribution in [0.25, 0.3) is 0 Å². The molecule has 6 heteroatoms. The smallest absolute Gasteiger partial charge is 0.155 e. The minimum atomic E-state index is -0.673. The van der Waals surface area contributed by atoms with Crippen LogP contribution in [0, 0.1) is 0 Å². The summed E-state index contributed by atoms with van der Waals surface area (Å²) < 4.78 is 1.40. The van der Waals surface area contributed by atoms with Crippen molar-refractivity contribution in [2.45, 2.75) is 12.6 Å². The highest BCUT2D eigenvalue weighted by molar-refractivity contribution is 7.09.